The van der Waals surface area contributed by atoms with Crippen LogP contribution in [-0.4, -0.2) is 23.6 Å². The summed E-state index contributed by atoms with van der Waals surface area (Å²) in [5.41, 5.74) is -0.590. The number of anilines is 2. The average Bonchev–Trinajstić information content (AvgIpc) is 3.61. The van der Waals surface area contributed by atoms with Crippen LogP contribution in [0.2, 0.25) is 0 Å². The Kier molecular flexibility index (Phi) is 17.4. The summed E-state index contributed by atoms with van der Waals surface area (Å²) in [6, 6.07) is 7.39. The molecule has 0 atom stereocenters. The third kappa shape index (κ3) is 13.3. The van der Waals surface area contributed by atoms with Crippen LogP contribution in [0.15, 0.2) is 60.7 Å². The fraction of sp³-hybridized carbons (Fsp3) is 0.200. The summed E-state index contributed by atoms with van der Waals surface area (Å²) in [6.45, 7) is 4.46. The average molecular weight is 602 g/mol. The van der Waals surface area contributed by atoms with Crippen molar-refractivity contribution in [1.29, 1.82) is 0 Å². The van der Waals surface area contributed by atoms with Crippen LogP contribution in [0.1, 0.15) is 40.5 Å². The van der Waals surface area contributed by atoms with E-state index >= 15 is 0 Å². The molecule has 0 saturated heterocycles. The van der Waals surface area contributed by atoms with Gasteiger partial charge in [-0.15, -0.1) is 49.2 Å². The smallest absolute Gasteiger partial charge is 0.304 e. The Balaban J connectivity index is 0.000000573. The Morgan fingerprint density at radius 2 is 0.927 bits per heavy atom. The van der Waals surface area contributed by atoms with Gasteiger partial charge < -0.3 is 9.80 Å². The third-order valence-corrected chi connectivity index (χ3v) is 4.60. The van der Waals surface area contributed by atoms with E-state index in [0.29, 0.717) is 9.80 Å². The molecule has 0 spiro atoms. The van der Waals surface area contributed by atoms with Crippen molar-refractivity contribution >= 4 is 35.0 Å². The van der Waals surface area contributed by atoms with E-state index in [1.807, 2.05) is 24.3 Å². The van der Waals surface area contributed by atoms with E-state index in [-0.39, 0.29) is 33.1 Å². The van der Waals surface area contributed by atoms with E-state index in [9.17, 15) is 36.7 Å². The maximum absolute atomic E-state index is 13.2. The van der Waals surface area contributed by atoms with Crippen LogP contribution in [0.3, 0.4) is 0 Å². The summed E-state index contributed by atoms with van der Waals surface area (Å²) >= 11 is 0. The van der Waals surface area contributed by atoms with Crippen LogP contribution < -0.4 is 9.80 Å². The maximum atomic E-state index is 13.2. The minimum absolute atomic E-state index is 0. The molecule has 4 rings (SSSR count). The Labute approximate surface area is 251 Å². The van der Waals surface area contributed by atoms with Gasteiger partial charge in [0.2, 0.25) is 23.6 Å². The Morgan fingerprint density at radius 1 is 0.610 bits per heavy atom. The fourth-order valence-electron chi connectivity index (χ4n) is 3.02. The van der Waals surface area contributed by atoms with Crippen LogP contribution in [0.5, 0.6) is 0 Å². The number of carbonyl (C=O) groups excluding carboxylic acids is 4. The Morgan fingerprint density at radius 3 is 1.10 bits per heavy atom. The molecule has 0 bridgehead atoms. The molecule has 212 valence electrons. The van der Waals surface area contributed by atoms with E-state index < -0.39 is 46.9 Å². The summed E-state index contributed by atoms with van der Waals surface area (Å²) in [5.74, 6) is -6.46. The summed E-state index contributed by atoms with van der Waals surface area (Å²) in [4.78, 5) is 45.4. The van der Waals surface area contributed by atoms with Crippen molar-refractivity contribution in [3.63, 3.8) is 0 Å². The van der Waals surface area contributed by atoms with E-state index in [4.69, 9.17) is 0 Å². The van der Waals surface area contributed by atoms with Gasteiger partial charge in [-0.2, -0.15) is 12.2 Å². The fourth-order valence-corrected chi connectivity index (χ4v) is 3.02. The van der Waals surface area contributed by atoms with Gasteiger partial charge in [-0.3, -0.25) is 31.3 Å². The second-order valence-corrected chi connectivity index (χ2v) is 7.76. The van der Waals surface area contributed by atoms with E-state index in [2.05, 4.69) is 24.3 Å². The van der Waals surface area contributed by atoms with Gasteiger partial charge in [-0.1, -0.05) is 0 Å². The van der Waals surface area contributed by atoms with E-state index in [1.54, 1.807) is 12.1 Å². The summed E-state index contributed by atoms with van der Waals surface area (Å²) < 4.78 is 51.4. The second kappa shape index (κ2) is 19.2. The Hall–Kier alpha value is -3.89. The number of hydrogen-bond donors (Lipinski definition) is 0. The second-order valence-electron chi connectivity index (χ2n) is 7.76. The predicted molar refractivity (Wildman–Crippen MR) is 141 cm³/mol. The van der Waals surface area contributed by atoms with Crippen LogP contribution in [0, 0.1) is 47.6 Å². The number of allylic oxidation sites excluding steroid dienone is 8. The molecule has 2 aliphatic rings. The molecule has 0 N–H and O–H groups in total. The summed E-state index contributed by atoms with van der Waals surface area (Å²) in [7, 11) is 0. The van der Waals surface area contributed by atoms with Crippen molar-refractivity contribution in [3.8, 4) is 0 Å². The van der Waals surface area contributed by atoms with Gasteiger partial charge >= 0.3 is 21.7 Å². The molecule has 11 heteroatoms. The SMILES string of the molecule is CC(=O)N(C(C)=O)c1ccc(F)[c-]c1F.CC(=O)N(C(C)=O)c1ccc(F)[c-]c1F.[C-]1=CC=CC1.[C-]1=CC=CC1.[Ti+4]. The molecule has 4 amide bonds. The maximum Gasteiger partial charge on any atom is 4.00 e. The summed E-state index contributed by atoms with van der Waals surface area (Å²) in [5, 5.41) is 0. The monoisotopic (exact) mass is 602 g/mol. The molecule has 6 nitrogen and oxygen atoms in total. The largest absolute Gasteiger partial charge is 4.00 e. The zero-order valence-electron chi connectivity index (χ0n) is 22.7. The van der Waals surface area contributed by atoms with Crippen LogP contribution >= 0.6 is 0 Å². The zero-order chi connectivity index (χ0) is 30.2. The summed E-state index contributed by atoms with van der Waals surface area (Å²) in [6.07, 6.45) is 20.0. The van der Waals surface area contributed by atoms with Gasteiger partial charge in [-0.05, 0) is 11.4 Å². The molecular formula is C30H26F4N2O4Ti. The van der Waals surface area contributed by atoms with Crippen molar-refractivity contribution in [1.82, 2.24) is 0 Å². The van der Waals surface area contributed by atoms with Crippen molar-refractivity contribution in [3.05, 3.63) is 108 Å². The third-order valence-electron chi connectivity index (χ3n) is 4.60. The first kappa shape index (κ1) is 37.1. The quantitative estimate of drug-likeness (QED) is 0.243. The van der Waals surface area contributed by atoms with Crippen LogP contribution in [0.4, 0.5) is 28.9 Å². The number of amides is 4. The molecule has 0 aliphatic heterocycles. The molecule has 0 fully saturated rings. The molecule has 0 saturated carbocycles. The van der Waals surface area contributed by atoms with Crippen molar-refractivity contribution in [2.75, 3.05) is 9.80 Å². The molecule has 2 aromatic rings. The van der Waals surface area contributed by atoms with Gasteiger partial charge in [0.25, 0.3) is 0 Å². The Bertz CT molecular complexity index is 1190. The first-order chi connectivity index (χ1) is 18.9. The number of halogens is 4. The number of rotatable bonds is 2. The number of benzene rings is 2. The predicted octanol–water partition coefficient (Wildman–Crippen LogP) is 5.94. The van der Waals surface area contributed by atoms with Gasteiger partial charge in [0, 0.05) is 51.0 Å². The minimum atomic E-state index is -1.07. The zero-order valence-corrected chi connectivity index (χ0v) is 24.3. The molecule has 0 radical (unpaired) electrons. The molecule has 0 heterocycles. The number of imide groups is 2. The first-order valence-electron chi connectivity index (χ1n) is 11.7. The molecule has 0 unspecified atom stereocenters. The molecule has 0 aromatic heterocycles. The van der Waals surface area contributed by atoms with Crippen molar-refractivity contribution in [2.45, 2.75) is 40.5 Å². The molecule has 41 heavy (non-hydrogen) atoms. The molecule has 2 aromatic carbocycles. The van der Waals surface area contributed by atoms with Crippen LogP contribution in [0.25, 0.3) is 0 Å². The van der Waals surface area contributed by atoms with Gasteiger partial charge in [-0.25, -0.2) is 41.9 Å². The van der Waals surface area contributed by atoms with Crippen LogP contribution in [-0.2, 0) is 40.9 Å². The van der Waals surface area contributed by atoms with Crippen molar-refractivity contribution < 1.29 is 58.5 Å². The van der Waals surface area contributed by atoms with E-state index in [0.717, 1.165) is 64.8 Å². The number of hydrogen-bond acceptors (Lipinski definition) is 4. The topological polar surface area (TPSA) is 74.8 Å². The standard InChI is InChI=1S/2C10H8F2NO2.2C5H5.Ti/c2*1-6(14)13(7(2)15)10-4-3-8(11)5-9(10)12;2*1-2-4-5-3-1;/h2*3-4H,1-2H3;2*1-3H,4H2;/q4*-1;+4. The number of nitrogens with zero attached hydrogens (tertiary/aromatic N) is 2. The number of carbonyl (C=O) groups is 4. The van der Waals surface area contributed by atoms with Crippen molar-refractivity contribution in [2.24, 2.45) is 0 Å². The first-order valence-corrected chi connectivity index (χ1v) is 11.7. The van der Waals surface area contributed by atoms with Gasteiger partial charge in [0.1, 0.15) is 0 Å². The minimum Gasteiger partial charge on any atom is -0.304 e. The molecular weight excluding hydrogens is 576 g/mol. The van der Waals surface area contributed by atoms with Gasteiger partial charge in [0.05, 0.1) is 0 Å². The molecule has 2 aliphatic carbocycles. The van der Waals surface area contributed by atoms with Gasteiger partial charge in [0.15, 0.2) is 0 Å². The van der Waals surface area contributed by atoms with E-state index in [1.165, 1.54) is 0 Å². The normalized spacial score (nSPS) is 11.5.